The van der Waals surface area contributed by atoms with Gasteiger partial charge in [0.15, 0.2) is 0 Å². The third-order valence-corrected chi connectivity index (χ3v) is 3.77. The van der Waals surface area contributed by atoms with Crippen molar-refractivity contribution in [2.24, 2.45) is 0 Å². The third-order valence-electron chi connectivity index (χ3n) is 3.77. The molecule has 0 heterocycles. The fourth-order valence-corrected chi connectivity index (χ4v) is 2.50. The second-order valence-corrected chi connectivity index (χ2v) is 5.78. The Morgan fingerprint density at radius 3 is 1.71 bits per heavy atom. The minimum absolute atomic E-state index is 1.02. The highest BCUT2D eigenvalue weighted by Gasteiger charge is 1.99. The number of rotatable bonds is 5. The second kappa shape index (κ2) is 7.64. The minimum Gasteiger partial charge on any atom is -0.0687 e. The number of allylic oxidation sites excluding steroid dienone is 4. The van der Waals surface area contributed by atoms with Gasteiger partial charge in [0.05, 0.1) is 0 Å². The maximum absolute atomic E-state index is 2.32. The molecular formula is C21H24. The first-order valence-corrected chi connectivity index (χ1v) is 7.56. The quantitative estimate of drug-likeness (QED) is 0.609. The molecule has 0 aliphatic rings. The molecule has 0 aromatic heterocycles. The van der Waals surface area contributed by atoms with Crippen molar-refractivity contribution < 1.29 is 0 Å². The van der Waals surface area contributed by atoms with E-state index in [0.717, 1.165) is 12.8 Å². The summed E-state index contributed by atoms with van der Waals surface area (Å²) in [6.45, 7) is 6.66. The maximum Gasteiger partial charge on any atom is -0.00642 e. The normalized spacial score (nSPS) is 13.0. The van der Waals surface area contributed by atoms with E-state index in [0.29, 0.717) is 0 Å². The molecule has 0 fully saturated rings. The van der Waals surface area contributed by atoms with Gasteiger partial charge in [-0.05, 0) is 44.7 Å². The van der Waals surface area contributed by atoms with Gasteiger partial charge < -0.3 is 0 Å². The molecule has 0 spiro atoms. The molecule has 0 heteroatoms. The summed E-state index contributed by atoms with van der Waals surface area (Å²) in [5.74, 6) is 0. The summed E-state index contributed by atoms with van der Waals surface area (Å²) in [7, 11) is 0. The van der Waals surface area contributed by atoms with Crippen LogP contribution in [-0.2, 0) is 12.8 Å². The zero-order valence-corrected chi connectivity index (χ0v) is 13.3. The van der Waals surface area contributed by atoms with Gasteiger partial charge in [-0.3, -0.25) is 0 Å². The van der Waals surface area contributed by atoms with Crippen molar-refractivity contribution in [2.45, 2.75) is 33.6 Å². The lowest BCUT2D eigenvalue weighted by atomic mass is 9.99. The monoisotopic (exact) mass is 276 g/mol. The Bertz CT molecular complexity index is 616. The predicted octanol–water partition coefficient (Wildman–Crippen LogP) is 5.75. The van der Waals surface area contributed by atoms with Crippen LogP contribution in [0.25, 0.3) is 0 Å². The van der Waals surface area contributed by atoms with Gasteiger partial charge in [0.2, 0.25) is 0 Å². The fraction of sp³-hybridized carbons (Fsp3) is 0.238. The van der Waals surface area contributed by atoms with Gasteiger partial charge in [0, 0.05) is 0 Å². The van der Waals surface area contributed by atoms with E-state index < -0.39 is 0 Å². The molecule has 0 N–H and O–H groups in total. The Morgan fingerprint density at radius 1 is 0.714 bits per heavy atom. The lowest BCUT2D eigenvalue weighted by molar-refractivity contribution is 1.09. The first-order chi connectivity index (χ1) is 10.1. The van der Waals surface area contributed by atoms with E-state index in [-0.39, 0.29) is 0 Å². The Balaban J connectivity index is 2.05. The van der Waals surface area contributed by atoms with Crippen molar-refractivity contribution in [3.05, 3.63) is 94.6 Å². The first-order valence-electron chi connectivity index (χ1n) is 7.56. The van der Waals surface area contributed by atoms with Crippen LogP contribution in [-0.4, -0.2) is 0 Å². The number of hydrogen-bond donors (Lipinski definition) is 0. The highest BCUT2D eigenvalue weighted by atomic mass is 14.0. The van der Waals surface area contributed by atoms with Gasteiger partial charge in [0.25, 0.3) is 0 Å². The van der Waals surface area contributed by atoms with E-state index in [1.807, 2.05) is 0 Å². The van der Waals surface area contributed by atoms with Crippen molar-refractivity contribution in [2.75, 3.05) is 0 Å². The molecule has 0 bridgehead atoms. The van der Waals surface area contributed by atoms with Crippen molar-refractivity contribution >= 4 is 0 Å². The molecule has 2 rings (SSSR count). The van der Waals surface area contributed by atoms with Crippen LogP contribution >= 0.6 is 0 Å². The predicted molar refractivity (Wildman–Crippen MR) is 92.4 cm³/mol. The minimum atomic E-state index is 1.02. The molecule has 0 unspecified atom stereocenters. The molecule has 0 saturated heterocycles. The lowest BCUT2D eigenvalue weighted by Gasteiger charge is -2.07. The zero-order chi connectivity index (χ0) is 15.1. The average Bonchev–Trinajstić information content (AvgIpc) is 2.49. The van der Waals surface area contributed by atoms with Gasteiger partial charge in [-0.15, -0.1) is 0 Å². The summed E-state index contributed by atoms with van der Waals surface area (Å²) in [4.78, 5) is 0. The summed E-state index contributed by atoms with van der Waals surface area (Å²) in [6, 6.07) is 21.3. The molecule has 0 atom stereocenters. The molecule has 2 aromatic rings. The Hall–Kier alpha value is -2.08. The van der Waals surface area contributed by atoms with E-state index in [4.69, 9.17) is 0 Å². The molecule has 0 amide bonds. The Morgan fingerprint density at radius 2 is 1.19 bits per heavy atom. The van der Waals surface area contributed by atoms with Crippen LogP contribution in [0.5, 0.6) is 0 Å². The van der Waals surface area contributed by atoms with Gasteiger partial charge in [0.1, 0.15) is 0 Å². The topological polar surface area (TPSA) is 0 Å². The summed E-state index contributed by atoms with van der Waals surface area (Å²) >= 11 is 0. The standard InChI is InChI=1S/C21H24/c1-17(15-20-10-6-4-7-11-20)14-18(2)19(3)16-21-12-8-5-9-13-21/h4-14H,15-16H2,1-3H3/b17-14+,19-18+. The van der Waals surface area contributed by atoms with Crippen LogP contribution in [0.2, 0.25) is 0 Å². The lowest BCUT2D eigenvalue weighted by Crippen LogP contribution is -1.91. The second-order valence-electron chi connectivity index (χ2n) is 5.78. The Kier molecular flexibility index (Phi) is 5.57. The molecule has 0 saturated carbocycles. The van der Waals surface area contributed by atoms with E-state index in [1.54, 1.807) is 0 Å². The van der Waals surface area contributed by atoms with Gasteiger partial charge in [-0.2, -0.15) is 0 Å². The van der Waals surface area contributed by atoms with E-state index in [1.165, 1.54) is 27.8 Å². The fourth-order valence-electron chi connectivity index (χ4n) is 2.50. The summed E-state index contributed by atoms with van der Waals surface area (Å²) in [5, 5.41) is 0. The molecule has 0 radical (unpaired) electrons. The van der Waals surface area contributed by atoms with Crippen molar-refractivity contribution in [1.29, 1.82) is 0 Å². The largest absolute Gasteiger partial charge is 0.0687 e. The molecule has 0 aliphatic heterocycles. The number of benzene rings is 2. The maximum atomic E-state index is 2.32. The van der Waals surface area contributed by atoms with Crippen LogP contribution in [0.1, 0.15) is 31.9 Å². The zero-order valence-electron chi connectivity index (χ0n) is 13.3. The summed E-state index contributed by atoms with van der Waals surface area (Å²) in [5.41, 5.74) is 6.98. The summed E-state index contributed by atoms with van der Waals surface area (Å²) < 4.78 is 0. The van der Waals surface area contributed by atoms with Gasteiger partial charge in [-0.25, -0.2) is 0 Å². The van der Waals surface area contributed by atoms with Gasteiger partial charge >= 0.3 is 0 Å². The molecule has 2 aromatic carbocycles. The SMILES string of the molecule is C/C(=C\C(C)=C(/C)Cc1ccccc1)Cc1ccccc1. The third kappa shape index (κ3) is 5.07. The smallest absolute Gasteiger partial charge is 0.00642 e. The molecule has 21 heavy (non-hydrogen) atoms. The number of hydrogen-bond acceptors (Lipinski definition) is 0. The molecular weight excluding hydrogens is 252 g/mol. The molecule has 108 valence electrons. The van der Waals surface area contributed by atoms with E-state index >= 15 is 0 Å². The van der Waals surface area contributed by atoms with Crippen LogP contribution in [0.4, 0.5) is 0 Å². The summed E-state index contributed by atoms with van der Waals surface area (Å²) in [6.07, 6.45) is 4.38. The molecule has 0 aliphatic carbocycles. The van der Waals surface area contributed by atoms with Crippen LogP contribution < -0.4 is 0 Å². The first kappa shape index (κ1) is 15.3. The van der Waals surface area contributed by atoms with Crippen molar-refractivity contribution in [3.8, 4) is 0 Å². The van der Waals surface area contributed by atoms with Crippen LogP contribution in [0.3, 0.4) is 0 Å². The highest BCUT2D eigenvalue weighted by molar-refractivity contribution is 5.32. The Labute approximate surface area is 128 Å². The van der Waals surface area contributed by atoms with E-state index in [9.17, 15) is 0 Å². The molecule has 0 nitrogen and oxygen atoms in total. The van der Waals surface area contributed by atoms with Crippen LogP contribution in [0.15, 0.2) is 83.5 Å². The van der Waals surface area contributed by atoms with E-state index in [2.05, 4.69) is 87.5 Å². The average molecular weight is 276 g/mol. The van der Waals surface area contributed by atoms with Crippen molar-refractivity contribution in [1.82, 2.24) is 0 Å². The van der Waals surface area contributed by atoms with Gasteiger partial charge in [-0.1, -0.05) is 83.5 Å². The van der Waals surface area contributed by atoms with Crippen LogP contribution in [0, 0.1) is 0 Å². The highest BCUT2D eigenvalue weighted by Crippen LogP contribution is 2.16. The van der Waals surface area contributed by atoms with Crippen molar-refractivity contribution in [3.63, 3.8) is 0 Å².